The number of nitrogens with zero attached hydrogens (tertiary/aromatic N) is 2. The van der Waals surface area contributed by atoms with Crippen LogP contribution in [0.2, 0.25) is 0 Å². The molecular weight excluding hydrogens is 156 g/mol. The van der Waals surface area contributed by atoms with Gasteiger partial charge in [0.1, 0.15) is 0 Å². The van der Waals surface area contributed by atoms with Crippen molar-refractivity contribution in [2.45, 2.75) is 0 Å². The first kappa shape index (κ1) is 14.4. The molecule has 0 bridgehead atoms. The first-order valence-corrected chi connectivity index (χ1v) is 4.05. The van der Waals surface area contributed by atoms with Gasteiger partial charge in [-0.15, -0.1) is 0 Å². The van der Waals surface area contributed by atoms with Gasteiger partial charge >= 0.3 is 0 Å². The first-order valence-electron chi connectivity index (χ1n) is 4.05. The van der Waals surface area contributed by atoms with E-state index in [2.05, 4.69) is 0 Å². The van der Waals surface area contributed by atoms with Crippen LogP contribution < -0.4 is 0 Å². The van der Waals surface area contributed by atoms with Crippen molar-refractivity contribution in [1.82, 2.24) is 9.80 Å². The van der Waals surface area contributed by atoms with Gasteiger partial charge in [0.25, 0.3) is 0 Å². The molecule has 0 aromatic rings. The van der Waals surface area contributed by atoms with Gasteiger partial charge in [0, 0.05) is 13.1 Å². The van der Waals surface area contributed by atoms with Crippen LogP contribution in [0.5, 0.6) is 0 Å². The standard InChI is InChI=1S/2C4H11NO/c2*1-5(2)3-4-6/h2*6H,3-4H2,1-2H3. The maximum atomic E-state index is 8.20. The molecule has 0 aliphatic rings. The van der Waals surface area contributed by atoms with E-state index in [1.807, 2.05) is 38.0 Å². The predicted octanol–water partition coefficient (Wildman–Crippen LogP) is -0.919. The second-order valence-electron chi connectivity index (χ2n) is 3.05. The predicted molar refractivity (Wildman–Crippen MR) is 51.3 cm³/mol. The Kier molecular flexibility index (Phi) is 13.0. The molecule has 0 amide bonds. The molecule has 0 saturated heterocycles. The first-order chi connectivity index (χ1) is 5.54. The van der Waals surface area contributed by atoms with Gasteiger partial charge in [-0.3, -0.25) is 0 Å². The van der Waals surface area contributed by atoms with Gasteiger partial charge < -0.3 is 20.0 Å². The van der Waals surface area contributed by atoms with Gasteiger partial charge in [0.2, 0.25) is 0 Å². The highest BCUT2D eigenvalue weighted by molar-refractivity contribution is 4.34. The molecule has 0 heterocycles. The van der Waals surface area contributed by atoms with Crippen LogP contribution in [0.3, 0.4) is 0 Å². The molecule has 0 unspecified atom stereocenters. The fraction of sp³-hybridized carbons (Fsp3) is 1.00. The number of hydrogen-bond donors (Lipinski definition) is 2. The van der Waals surface area contributed by atoms with E-state index in [-0.39, 0.29) is 13.2 Å². The van der Waals surface area contributed by atoms with Crippen molar-refractivity contribution in [3.8, 4) is 0 Å². The summed E-state index contributed by atoms with van der Waals surface area (Å²) in [5.41, 5.74) is 0. The van der Waals surface area contributed by atoms with Gasteiger partial charge in [-0.2, -0.15) is 0 Å². The van der Waals surface area contributed by atoms with Crippen molar-refractivity contribution in [1.29, 1.82) is 0 Å². The minimum atomic E-state index is 0.257. The lowest BCUT2D eigenvalue weighted by Crippen LogP contribution is -2.15. The molecule has 0 atom stereocenters. The quantitative estimate of drug-likeness (QED) is 0.584. The fourth-order valence-corrected chi connectivity index (χ4v) is 0.400. The third-order valence-corrected chi connectivity index (χ3v) is 1.09. The topological polar surface area (TPSA) is 46.9 Å². The van der Waals surface area contributed by atoms with E-state index in [9.17, 15) is 0 Å². The van der Waals surface area contributed by atoms with Crippen molar-refractivity contribution < 1.29 is 10.2 Å². The Balaban J connectivity index is 0. The van der Waals surface area contributed by atoms with Crippen molar-refractivity contribution in [3.63, 3.8) is 0 Å². The van der Waals surface area contributed by atoms with Gasteiger partial charge in [-0.05, 0) is 28.2 Å². The summed E-state index contributed by atoms with van der Waals surface area (Å²) in [4.78, 5) is 3.86. The maximum absolute atomic E-state index is 8.20. The molecule has 2 N–H and O–H groups in total. The van der Waals surface area contributed by atoms with E-state index >= 15 is 0 Å². The summed E-state index contributed by atoms with van der Waals surface area (Å²) in [7, 11) is 7.71. The minimum Gasteiger partial charge on any atom is -0.395 e. The average Bonchev–Trinajstić information content (AvgIpc) is 1.87. The Morgan fingerprint density at radius 3 is 1.00 bits per heavy atom. The molecule has 4 heteroatoms. The van der Waals surface area contributed by atoms with Gasteiger partial charge in [-0.1, -0.05) is 0 Å². The molecule has 0 aromatic heterocycles. The second kappa shape index (κ2) is 10.8. The maximum Gasteiger partial charge on any atom is 0.0558 e. The largest absolute Gasteiger partial charge is 0.395 e. The fourth-order valence-electron chi connectivity index (χ4n) is 0.400. The lowest BCUT2D eigenvalue weighted by molar-refractivity contribution is 0.242. The number of aliphatic hydroxyl groups is 2. The number of likely N-dealkylation sites (N-methyl/N-ethyl adjacent to an activating group) is 2. The average molecular weight is 178 g/mol. The van der Waals surface area contributed by atoms with Crippen LogP contribution in [0, 0.1) is 0 Å². The van der Waals surface area contributed by atoms with E-state index in [4.69, 9.17) is 10.2 Å². The SMILES string of the molecule is CN(C)CCO.CN(C)CCO. The monoisotopic (exact) mass is 178 g/mol. The van der Waals surface area contributed by atoms with E-state index < -0.39 is 0 Å². The summed E-state index contributed by atoms with van der Waals surface area (Å²) >= 11 is 0. The third-order valence-electron chi connectivity index (χ3n) is 1.09. The third kappa shape index (κ3) is 22.5. The van der Waals surface area contributed by atoms with Crippen LogP contribution in [-0.2, 0) is 0 Å². The van der Waals surface area contributed by atoms with Crippen molar-refractivity contribution in [3.05, 3.63) is 0 Å². The van der Waals surface area contributed by atoms with Crippen molar-refractivity contribution >= 4 is 0 Å². The molecule has 0 aliphatic heterocycles. The highest BCUT2D eigenvalue weighted by atomic mass is 16.3. The second-order valence-corrected chi connectivity index (χ2v) is 3.05. The van der Waals surface area contributed by atoms with E-state index in [1.165, 1.54) is 0 Å². The van der Waals surface area contributed by atoms with Crippen LogP contribution >= 0.6 is 0 Å². The Hall–Kier alpha value is -0.160. The molecular formula is C8H22N2O2. The zero-order chi connectivity index (χ0) is 9.98. The summed E-state index contributed by atoms with van der Waals surface area (Å²) in [5, 5.41) is 16.4. The lowest BCUT2D eigenvalue weighted by atomic mass is 10.6. The van der Waals surface area contributed by atoms with E-state index in [0.29, 0.717) is 0 Å². The molecule has 0 radical (unpaired) electrons. The summed E-state index contributed by atoms with van der Waals surface area (Å²) in [5.74, 6) is 0. The van der Waals surface area contributed by atoms with Gasteiger partial charge in [0.05, 0.1) is 13.2 Å². The van der Waals surface area contributed by atoms with Crippen LogP contribution in [0.4, 0.5) is 0 Å². The zero-order valence-corrected chi connectivity index (χ0v) is 8.62. The van der Waals surface area contributed by atoms with E-state index in [0.717, 1.165) is 13.1 Å². The zero-order valence-electron chi connectivity index (χ0n) is 8.62. The van der Waals surface area contributed by atoms with Crippen LogP contribution in [0.1, 0.15) is 0 Å². The van der Waals surface area contributed by atoms with Gasteiger partial charge in [0.15, 0.2) is 0 Å². The molecule has 0 rings (SSSR count). The van der Waals surface area contributed by atoms with Crippen LogP contribution in [0.15, 0.2) is 0 Å². The molecule has 0 spiro atoms. The highest BCUT2D eigenvalue weighted by Gasteiger charge is 1.81. The van der Waals surface area contributed by atoms with Gasteiger partial charge in [-0.25, -0.2) is 0 Å². The minimum absolute atomic E-state index is 0.257. The lowest BCUT2D eigenvalue weighted by Gasteiger charge is -2.03. The normalized spacial score (nSPS) is 10.0. The van der Waals surface area contributed by atoms with Crippen molar-refractivity contribution in [2.24, 2.45) is 0 Å². The van der Waals surface area contributed by atoms with E-state index in [1.54, 1.807) is 0 Å². The number of hydrogen-bond acceptors (Lipinski definition) is 4. The number of aliphatic hydroxyl groups excluding tert-OH is 2. The Morgan fingerprint density at radius 1 is 0.750 bits per heavy atom. The highest BCUT2D eigenvalue weighted by Crippen LogP contribution is 1.66. The Labute approximate surface area is 75.4 Å². The Bertz CT molecular complexity index is 67.5. The van der Waals surface area contributed by atoms with Crippen LogP contribution in [0.25, 0.3) is 0 Å². The summed E-state index contributed by atoms with van der Waals surface area (Å²) in [6, 6.07) is 0. The summed E-state index contributed by atoms with van der Waals surface area (Å²) in [6.07, 6.45) is 0. The molecule has 0 fully saturated rings. The molecule has 4 nitrogen and oxygen atoms in total. The molecule has 0 aliphatic carbocycles. The smallest absolute Gasteiger partial charge is 0.0558 e. The molecule has 76 valence electrons. The molecule has 12 heavy (non-hydrogen) atoms. The molecule has 0 saturated carbocycles. The summed E-state index contributed by atoms with van der Waals surface area (Å²) < 4.78 is 0. The summed E-state index contributed by atoms with van der Waals surface area (Å²) in [6.45, 7) is 2.04. The number of rotatable bonds is 4. The van der Waals surface area contributed by atoms with Crippen molar-refractivity contribution in [2.75, 3.05) is 54.5 Å². The Morgan fingerprint density at radius 2 is 1.00 bits per heavy atom. The molecule has 0 aromatic carbocycles. The van der Waals surface area contributed by atoms with Crippen LogP contribution in [-0.4, -0.2) is 74.5 Å².